The van der Waals surface area contributed by atoms with Crippen molar-refractivity contribution in [3.8, 4) is 0 Å². The summed E-state index contributed by atoms with van der Waals surface area (Å²) in [4.78, 5) is 0. The molecule has 1 nitrogen and oxygen atoms in total. The summed E-state index contributed by atoms with van der Waals surface area (Å²) < 4.78 is 7.05. The fourth-order valence-electron chi connectivity index (χ4n) is 5.35. The SMILES string of the molecule is CC[C@@H]1C=C(O[Si](C(C)C)(C(C)C)C(C)C)[C@@H]2CC=C[C@]12C. The molecule has 0 fully saturated rings. The van der Waals surface area contributed by atoms with Gasteiger partial charge in [0, 0.05) is 11.3 Å². The van der Waals surface area contributed by atoms with Crippen molar-refractivity contribution < 1.29 is 4.43 Å². The second kappa shape index (κ2) is 6.18. The van der Waals surface area contributed by atoms with Gasteiger partial charge in [-0.2, -0.15) is 0 Å². The van der Waals surface area contributed by atoms with Crippen molar-refractivity contribution in [1.82, 2.24) is 0 Å². The molecular formula is C20H36OSi. The van der Waals surface area contributed by atoms with E-state index < -0.39 is 8.32 Å². The molecule has 22 heavy (non-hydrogen) atoms. The summed E-state index contributed by atoms with van der Waals surface area (Å²) in [5.41, 5.74) is 2.24. The van der Waals surface area contributed by atoms with Crippen LogP contribution in [0.5, 0.6) is 0 Å². The van der Waals surface area contributed by atoms with Gasteiger partial charge in [0.05, 0.1) is 5.76 Å². The molecule has 2 aliphatic carbocycles. The molecule has 0 aromatic carbocycles. The lowest BCUT2D eigenvalue weighted by Crippen LogP contribution is -2.48. The van der Waals surface area contributed by atoms with E-state index in [0.29, 0.717) is 33.9 Å². The van der Waals surface area contributed by atoms with E-state index in [-0.39, 0.29) is 0 Å². The molecule has 0 heterocycles. The van der Waals surface area contributed by atoms with Gasteiger partial charge in [-0.15, -0.1) is 0 Å². The van der Waals surface area contributed by atoms with Crippen LogP contribution >= 0.6 is 0 Å². The van der Waals surface area contributed by atoms with Crippen LogP contribution in [0.1, 0.15) is 68.2 Å². The molecule has 0 bridgehead atoms. The maximum absolute atomic E-state index is 7.05. The van der Waals surface area contributed by atoms with E-state index in [1.807, 2.05) is 0 Å². The van der Waals surface area contributed by atoms with Crippen molar-refractivity contribution in [2.75, 3.05) is 0 Å². The van der Waals surface area contributed by atoms with Gasteiger partial charge in [0.1, 0.15) is 0 Å². The summed E-state index contributed by atoms with van der Waals surface area (Å²) >= 11 is 0. The van der Waals surface area contributed by atoms with Gasteiger partial charge in [-0.25, -0.2) is 0 Å². The molecule has 0 amide bonds. The van der Waals surface area contributed by atoms with Gasteiger partial charge in [0.15, 0.2) is 0 Å². The Bertz CT molecular complexity index is 439. The van der Waals surface area contributed by atoms with Gasteiger partial charge < -0.3 is 4.43 Å². The highest BCUT2D eigenvalue weighted by atomic mass is 28.4. The minimum Gasteiger partial charge on any atom is -0.546 e. The van der Waals surface area contributed by atoms with Crippen molar-refractivity contribution in [2.45, 2.75) is 84.9 Å². The van der Waals surface area contributed by atoms with Crippen molar-refractivity contribution in [3.05, 3.63) is 24.0 Å². The predicted molar refractivity (Wildman–Crippen MR) is 99.4 cm³/mol. The summed E-state index contributed by atoms with van der Waals surface area (Å²) in [5, 5.41) is 0. The topological polar surface area (TPSA) is 9.23 Å². The highest BCUT2D eigenvalue weighted by molar-refractivity contribution is 6.77. The average Bonchev–Trinajstić information content (AvgIpc) is 2.90. The van der Waals surface area contributed by atoms with Crippen LogP contribution in [0.4, 0.5) is 0 Å². The summed E-state index contributed by atoms with van der Waals surface area (Å²) in [7, 11) is -1.82. The molecule has 0 N–H and O–H groups in total. The minimum atomic E-state index is -1.82. The molecule has 0 aromatic rings. The van der Waals surface area contributed by atoms with E-state index in [4.69, 9.17) is 4.43 Å². The Morgan fingerprint density at radius 1 is 1.14 bits per heavy atom. The van der Waals surface area contributed by atoms with Crippen LogP contribution in [0.15, 0.2) is 24.0 Å². The Balaban J connectivity index is 2.35. The Kier molecular flexibility index (Phi) is 5.02. The van der Waals surface area contributed by atoms with E-state index in [1.165, 1.54) is 12.2 Å². The molecule has 2 rings (SSSR count). The largest absolute Gasteiger partial charge is 0.546 e. The molecule has 3 atom stereocenters. The number of rotatable bonds is 6. The standard InChI is InChI=1S/C20H36OSi/c1-9-17-13-19(18-11-10-12-20(17,18)8)21-22(14(2)3,15(4)5)16(6)7/h10,12-18H,9,11H2,1-8H3/t17-,18+,20-/m1/s1. The zero-order valence-corrected chi connectivity index (χ0v) is 16.9. The molecule has 0 unspecified atom stereocenters. The van der Waals surface area contributed by atoms with E-state index in [1.54, 1.807) is 0 Å². The van der Waals surface area contributed by atoms with Gasteiger partial charge in [0.25, 0.3) is 8.32 Å². The predicted octanol–water partition coefficient (Wildman–Crippen LogP) is 6.68. The molecule has 0 saturated carbocycles. The third-order valence-corrected chi connectivity index (χ3v) is 12.6. The molecular weight excluding hydrogens is 284 g/mol. The Labute approximate surface area is 139 Å². The van der Waals surface area contributed by atoms with E-state index in [2.05, 4.69) is 73.6 Å². The maximum atomic E-state index is 7.05. The first-order chi connectivity index (χ1) is 10.2. The van der Waals surface area contributed by atoms with E-state index in [9.17, 15) is 0 Å². The lowest BCUT2D eigenvalue weighted by atomic mass is 9.74. The Morgan fingerprint density at radius 2 is 1.68 bits per heavy atom. The minimum absolute atomic E-state index is 0.301. The molecule has 0 aliphatic heterocycles. The first-order valence-corrected chi connectivity index (χ1v) is 11.4. The third-order valence-electron chi connectivity index (χ3n) is 6.55. The summed E-state index contributed by atoms with van der Waals surface area (Å²) in [6, 6.07) is 0. The highest BCUT2D eigenvalue weighted by Crippen LogP contribution is 2.56. The van der Waals surface area contributed by atoms with Gasteiger partial charge in [0.2, 0.25) is 0 Å². The Hall–Kier alpha value is -0.503. The van der Waals surface area contributed by atoms with Crippen LogP contribution < -0.4 is 0 Å². The monoisotopic (exact) mass is 320 g/mol. The second-order valence-corrected chi connectivity index (χ2v) is 13.9. The number of fused-ring (bicyclic) bond motifs is 1. The molecule has 2 heteroatoms. The summed E-state index contributed by atoms with van der Waals surface area (Å²) in [6.45, 7) is 19.0. The highest BCUT2D eigenvalue weighted by Gasteiger charge is 2.53. The maximum Gasteiger partial charge on any atom is 0.258 e. The van der Waals surface area contributed by atoms with Crippen LogP contribution in [0.2, 0.25) is 16.6 Å². The number of hydrogen-bond acceptors (Lipinski definition) is 1. The quantitative estimate of drug-likeness (QED) is 0.391. The van der Waals surface area contributed by atoms with E-state index in [0.717, 1.165) is 6.42 Å². The summed E-state index contributed by atoms with van der Waals surface area (Å²) in [6.07, 6.45) is 9.71. The smallest absolute Gasteiger partial charge is 0.258 e. The first kappa shape index (κ1) is 17.8. The van der Waals surface area contributed by atoms with Crippen LogP contribution in [0.3, 0.4) is 0 Å². The summed E-state index contributed by atoms with van der Waals surface area (Å²) in [5.74, 6) is 2.56. The molecule has 126 valence electrons. The first-order valence-electron chi connectivity index (χ1n) is 9.28. The Morgan fingerprint density at radius 3 is 2.14 bits per heavy atom. The van der Waals surface area contributed by atoms with Crippen molar-refractivity contribution >= 4 is 8.32 Å². The average molecular weight is 321 g/mol. The van der Waals surface area contributed by atoms with Gasteiger partial charge in [-0.3, -0.25) is 0 Å². The van der Waals surface area contributed by atoms with Crippen LogP contribution in [0, 0.1) is 17.3 Å². The van der Waals surface area contributed by atoms with E-state index >= 15 is 0 Å². The zero-order chi connectivity index (χ0) is 16.7. The van der Waals surface area contributed by atoms with Crippen LogP contribution in [0.25, 0.3) is 0 Å². The van der Waals surface area contributed by atoms with Crippen molar-refractivity contribution in [1.29, 1.82) is 0 Å². The second-order valence-electron chi connectivity index (χ2n) is 8.56. The third kappa shape index (κ3) is 2.52. The normalized spacial score (nSPS) is 31.3. The molecule has 0 radical (unpaired) electrons. The molecule has 0 spiro atoms. The van der Waals surface area contributed by atoms with Crippen molar-refractivity contribution in [2.24, 2.45) is 17.3 Å². The van der Waals surface area contributed by atoms with Crippen molar-refractivity contribution in [3.63, 3.8) is 0 Å². The number of allylic oxidation sites excluding steroid dienone is 4. The fourth-order valence-corrected chi connectivity index (χ4v) is 10.7. The van der Waals surface area contributed by atoms with Gasteiger partial charge in [-0.1, -0.05) is 67.5 Å². The lowest BCUT2D eigenvalue weighted by Gasteiger charge is -2.44. The van der Waals surface area contributed by atoms with Crippen LogP contribution in [-0.2, 0) is 4.43 Å². The lowest BCUT2D eigenvalue weighted by molar-refractivity contribution is 0.214. The zero-order valence-electron chi connectivity index (χ0n) is 15.9. The van der Waals surface area contributed by atoms with Gasteiger partial charge >= 0.3 is 0 Å². The molecule has 0 aromatic heterocycles. The fraction of sp³-hybridized carbons (Fsp3) is 0.800. The molecule has 0 saturated heterocycles. The van der Waals surface area contributed by atoms with Gasteiger partial charge in [-0.05, 0) is 41.5 Å². The van der Waals surface area contributed by atoms with Crippen LogP contribution in [-0.4, -0.2) is 8.32 Å². The number of hydrogen-bond donors (Lipinski definition) is 0. The molecule has 2 aliphatic rings.